The van der Waals surface area contributed by atoms with Gasteiger partial charge in [-0.3, -0.25) is 4.68 Å². The van der Waals surface area contributed by atoms with Crippen LogP contribution in [0.2, 0.25) is 0 Å². The van der Waals surface area contributed by atoms with Crippen LogP contribution in [-0.2, 0) is 0 Å². The molecule has 1 aliphatic rings. The Bertz CT molecular complexity index is 282. The highest BCUT2D eigenvalue weighted by atomic mass is 15.3. The van der Waals surface area contributed by atoms with Crippen LogP contribution >= 0.6 is 0 Å². The Labute approximate surface area is 86.3 Å². The van der Waals surface area contributed by atoms with E-state index in [9.17, 15) is 0 Å². The largest absolute Gasteiger partial charge is 0.270 e. The molecule has 1 heterocycles. The average molecular weight is 192 g/mol. The Kier molecular flexibility index (Phi) is 2.90. The maximum atomic E-state index is 4.65. The molecule has 14 heavy (non-hydrogen) atoms. The van der Waals surface area contributed by atoms with Gasteiger partial charge in [0.1, 0.15) is 0 Å². The van der Waals surface area contributed by atoms with E-state index < -0.39 is 0 Å². The van der Waals surface area contributed by atoms with Gasteiger partial charge in [-0.1, -0.05) is 19.3 Å². The number of nitrogens with zero attached hydrogens (tertiary/aromatic N) is 2. The molecule has 0 unspecified atom stereocenters. The van der Waals surface area contributed by atoms with Crippen molar-refractivity contribution in [1.29, 1.82) is 0 Å². The Balaban J connectivity index is 2.07. The molecule has 2 heteroatoms. The lowest BCUT2D eigenvalue weighted by atomic mass is 9.87. The second kappa shape index (κ2) is 4.16. The number of hydrogen-bond acceptors (Lipinski definition) is 1. The smallest absolute Gasteiger partial charge is 0.0655 e. The minimum atomic E-state index is 0.493. The predicted octanol–water partition coefficient (Wildman–Crippen LogP) is 3.51. The van der Waals surface area contributed by atoms with Crippen LogP contribution in [0.3, 0.4) is 0 Å². The first kappa shape index (κ1) is 9.75. The number of rotatable bonds is 2. The standard InChI is InChI=1S/C12H20N2/c1-10(2)14-9-8-12(13-14)11-6-4-3-5-7-11/h8-11H,3-7H2,1-2H3. The first-order valence-corrected chi connectivity index (χ1v) is 5.82. The van der Waals surface area contributed by atoms with Gasteiger partial charge in [0.2, 0.25) is 0 Å². The number of hydrogen-bond donors (Lipinski definition) is 0. The minimum absolute atomic E-state index is 0.493. The highest BCUT2D eigenvalue weighted by Gasteiger charge is 2.17. The maximum absolute atomic E-state index is 4.65. The van der Waals surface area contributed by atoms with Gasteiger partial charge >= 0.3 is 0 Å². The molecule has 0 spiro atoms. The van der Waals surface area contributed by atoms with Gasteiger partial charge in [-0.15, -0.1) is 0 Å². The zero-order chi connectivity index (χ0) is 9.97. The second-order valence-corrected chi connectivity index (χ2v) is 4.65. The van der Waals surface area contributed by atoms with Crippen LogP contribution in [0.15, 0.2) is 12.3 Å². The molecule has 0 amide bonds. The normalized spacial score (nSPS) is 19.1. The van der Waals surface area contributed by atoms with Gasteiger partial charge in [-0.2, -0.15) is 5.10 Å². The summed E-state index contributed by atoms with van der Waals surface area (Å²) < 4.78 is 2.07. The molecule has 78 valence electrons. The average Bonchev–Trinajstić information content (AvgIpc) is 2.68. The van der Waals surface area contributed by atoms with Gasteiger partial charge in [0.15, 0.2) is 0 Å². The molecule has 1 aromatic heterocycles. The molecule has 1 fully saturated rings. The molecule has 0 aromatic carbocycles. The van der Waals surface area contributed by atoms with Gasteiger partial charge in [0.05, 0.1) is 5.69 Å². The van der Waals surface area contributed by atoms with Gasteiger partial charge in [-0.05, 0) is 32.8 Å². The van der Waals surface area contributed by atoms with Crippen molar-refractivity contribution in [1.82, 2.24) is 9.78 Å². The monoisotopic (exact) mass is 192 g/mol. The minimum Gasteiger partial charge on any atom is -0.270 e. The van der Waals surface area contributed by atoms with Crippen molar-refractivity contribution in [3.05, 3.63) is 18.0 Å². The topological polar surface area (TPSA) is 17.8 Å². The zero-order valence-corrected chi connectivity index (χ0v) is 9.24. The van der Waals surface area contributed by atoms with Crippen LogP contribution in [0.5, 0.6) is 0 Å². The molecule has 1 aliphatic carbocycles. The summed E-state index contributed by atoms with van der Waals surface area (Å²) in [6, 6.07) is 2.70. The van der Waals surface area contributed by atoms with Gasteiger partial charge < -0.3 is 0 Å². The van der Waals surface area contributed by atoms with Crippen LogP contribution < -0.4 is 0 Å². The molecule has 0 aliphatic heterocycles. The summed E-state index contributed by atoms with van der Waals surface area (Å²) in [4.78, 5) is 0. The lowest BCUT2D eigenvalue weighted by molar-refractivity contribution is 0.427. The number of aromatic nitrogens is 2. The van der Waals surface area contributed by atoms with Crippen molar-refractivity contribution < 1.29 is 0 Å². The molecule has 1 saturated carbocycles. The maximum Gasteiger partial charge on any atom is 0.0655 e. The zero-order valence-electron chi connectivity index (χ0n) is 9.24. The van der Waals surface area contributed by atoms with E-state index in [0.717, 1.165) is 5.92 Å². The van der Waals surface area contributed by atoms with Crippen molar-refractivity contribution in [2.75, 3.05) is 0 Å². The highest BCUT2D eigenvalue weighted by Crippen LogP contribution is 2.31. The van der Waals surface area contributed by atoms with Crippen LogP contribution in [0.1, 0.15) is 63.6 Å². The Hall–Kier alpha value is -0.790. The van der Waals surface area contributed by atoms with Crippen molar-refractivity contribution >= 4 is 0 Å². The first-order chi connectivity index (χ1) is 6.77. The Morgan fingerprint density at radius 3 is 2.57 bits per heavy atom. The first-order valence-electron chi connectivity index (χ1n) is 5.82. The van der Waals surface area contributed by atoms with Gasteiger partial charge in [0.25, 0.3) is 0 Å². The molecule has 0 atom stereocenters. The van der Waals surface area contributed by atoms with E-state index in [1.54, 1.807) is 0 Å². The van der Waals surface area contributed by atoms with E-state index in [-0.39, 0.29) is 0 Å². The summed E-state index contributed by atoms with van der Waals surface area (Å²) in [6.07, 6.45) is 9.00. The quantitative estimate of drug-likeness (QED) is 0.701. The van der Waals surface area contributed by atoms with Crippen LogP contribution in [0.4, 0.5) is 0 Å². The fourth-order valence-corrected chi connectivity index (χ4v) is 2.26. The van der Waals surface area contributed by atoms with Crippen LogP contribution in [0, 0.1) is 0 Å². The molecular formula is C12H20N2. The third kappa shape index (κ3) is 1.99. The van der Waals surface area contributed by atoms with Gasteiger partial charge in [-0.25, -0.2) is 0 Å². The van der Waals surface area contributed by atoms with Crippen molar-refractivity contribution in [2.45, 2.75) is 57.9 Å². The third-order valence-corrected chi connectivity index (χ3v) is 3.18. The Morgan fingerprint density at radius 1 is 1.29 bits per heavy atom. The summed E-state index contributed by atoms with van der Waals surface area (Å²) >= 11 is 0. The fraction of sp³-hybridized carbons (Fsp3) is 0.750. The van der Waals surface area contributed by atoms with E-state index in [1.807, 2.05) is 0 Å². The fourth-order valence-electron chi connectivity index (χ4n) is 2.26. The van der Waals surface area contributed by atoms with E-state index in [4.69, 9.17) is 0 Å². The van der Waals surface area contributed by atoms with E-state index in [2.05, 4.69) is 35.9 Å². The van der Waals surface area contributed by atoms with Crippen molar-refractivity contribution in [3.63, 3.8) is 0 Å². The van der Waals surface area contributed by atoms with Crippen LogP contribution in [-0.4, -0.2) is 9.78 Å². The second-order valence-electron chi connectivity index (χ2n) is 4.65. The van der Waals surface area contributed by atoms with Crippen molar-refractivity contribution in [3.8, 4) is 0 Å². The van der Waals surface area contributed by atoms with E-state index in [0.29, 0.717) is 6.04 Å². The predicted molar refractivity (Wildman–Crippen MR) is 58.4 cm³/mol. The molecule has 1 aromatic rings. The Morgan fingerprint density at radius 2 is 2.00 bits per heavy atom. The summed E-state index contributed by atoms with van der Waals surface area (Å²) in [5, 5.41) is 4.65. The van der Waals surface area contributed by atoms with E-state index in [1.165, 1.54) is 37.8 Å². The SMILES string of the molecule is CC(C)n1ccc(C2CCCCC2)n1. The van der Waals surface area contributed by atoms with E-state index >= 15 is 0 Å². The summed E-state index contributed by atoms with van der Waals surface area (Å²) in [6.45, 7) is 4.36. The molecule has 0 N–H and O–H groups in total. The lowest BCUT2D eigenvalue weighted by Gasteiger charge is -2.19. The summed E-state index contributed by atoms with van der Waals surface area (Å²) in [5.41, 5.74) is 1.32. The lowest BCUT2D eigenvalue weighted by Crippen LogP contribution is -2.07. The molecule has 0 bridgehead atoms. The van der Waals surface area contributed by atoms with Crippen molar-refractivity contribution in [2.24, 2.45) is 0 Å². The molecule has 0 radical (unpaired) electrons. The van der Waals surface area contributed by atoms with Crippen LogP contribution in [0.25, 0.3) is 0 Å². The third-order valence-electron chi connectivity index (χ3n) is 3.18. The summed E-state index contributed by atoms with van der Waals surface area (Å²) in [5.74, 6) is 0.740. The molecular weight excluding hydrogens is 172 g/mol. The molecule has 2 nitrogen and oxygen atoms in total. The van der Waals surface area contributed by atoms with Gasteiger partial charge in [0, 0.05) is 18.2 Å². The summed E-state index contributed by atoms with van der Waals surface area (Å²) in [7, 11) is 0. The molecule has 2 rings (SSSR count). The highest BCUT2D eigenvalue weighted by molar-refractivity contribution is 5.07. The molecule has 0 saturated heterocycles.